The van der Waals surface area contributed by atoms with E-state index in [1.807, 2.05) is 31.0 Å². The second-order valence-corrected chi connectivity index (χ2v) is 8.30. The van der Waals surface area contributed by atoms with E-state index >= 15 is 0 Å². The largest absolute Gasteiger partial charge is 0.372 e. The molecule has 3 heterocycles. The Kier molecular flexibility index (Phi) is 5.81. The Morgan fingerprint density at radius 3 is 2.79 bits per heavy atom. The van der Waals surface area contributed by atoms with E-state index in [1.165, 1.54) is 5.56 Å². The highest BCUT2D eigenvalue weighted by Gasteiger charge is 2.53. The van der Waals surface area contributed by atoms with E-state index in [1.54, 1.807) is 0 Å². The van der Waals surface area contributed by atoms with Crippen LogP contribution in [0.3, 0.4) is 0 Å². The Balaban J connectivity index is 1.52. The van der Waals surface area contributed by atoms with Crippen LogP contribution in [0, 0.1) is 18.3 Å². The number of ether oxygens (including phenoxy) is 1. The molecule has 2 saturated heterocycles. The Labute approximate surface area is 172 Å². The number of nitrogens with zero attached hydrogens (tertiary/aromatic N) is 4. The minimum atomic E-state index is 0.0938. The summed E-state index contributed by atoms with van der Waals surface area (Å²) >= 11 is 0. The van der Waals surface area contributed by atoms with Crippen LogP contribution in [0.4, 0.5) is 5.82 Å². The minimum Gasteiger partial charge on any atom is -0.372 e. The van der Waals surface area contributed by atoms with E-state index in [4.69, 9.17) is 4.74 Å². The average Bonchev–Trinajstić information content (AvgIpc) is 3.26. The number of carbonyl (C=O) groups is 1. The number of likely N-dealkylation sites (tertiary alicyclic amines) is 1. The number of anilines is 1. The SMILES string of the molecule is CCOCC(=O)N1CC2CN(c3ccnc(C)n3)CC2(CCc2ccccc2)C1. The van der Waals surface area contributed by atoms with E-state index in [0.29, 0.717) is 12.5 Å². The van der Waals surface area contributed by atoms with Gasteiger partial charge < -0.3 is 14.5 Å². The summed E-state index contributed by atoms with van der Waals surface area (Å²) in [6.45, 7) is 8.09. The molecule has 0 N–H and O–H groups in total. The zero-order valence-electron chi connectivity index (χ0n) is 17.4. The van der Waals surface area contributed by atoms with Crippen LogP contribution in [0.25, 0.3) is 0 Å². The maximum atomic E-state index is 12.6. The molecule has 2 fully saturated rings. The number of carbonyl (C=O) groups excluding carboxylic acids is 1. The lowest BCUT2D eigenvalue weighted by Gasteiger charge is -2.30. The van der Waals surface area contributed by atoms with Gasteiger partial charge in [-0.05, 0) is 38.3 Å². The van der Waals surface area contributed by atoms with Crippen molar-refractivity contribution in [2.45, 2.75) is 26.7 Å². The fraction of sp³-hybridized carbons (Fsp3) is 0.522. The molecule has 0 aliphatic carbocycles. The fourth-order valence-corrected chi connectivity index (χ4v) is 4.84. The number of benzene rings is 1. The number of hydrogen-bond donors (Lipinski definition) is 0. The normalized spacial score (nSPS) is 23.4. The maximum Gasteiger partial charge on any atom is 0.248 e. The second kappa shape index (κ2) is 8.49. The minimum absolute atomic E-state index is 0.0938. The number of aromatic nitrogens is 2. The second-order valence-electron chi connectivity index (χ2n) is 8.30. The first kappa shape index (κ1) is 19.8. The van der Waals surface area contributed by atoms with Crippen LogP contribution in [-0.4, -0.2) is 60.2 Å². The van der Waals surface area contributed by atoms with Gasteiger partial charge in [-0.2, -0.15) is 0 Å². The number of hydrogen-bond acceptors (Lipinski definition) is 5. The number of rotatable bonds is 7. The smallest absolute Gasteiger partial charge is 0.248 e. The van der Waals surface area contributed by atoms with Gasteiger partial charge in [0.25, 0.3) is 0 Å². The summed E-state index contributed by atoms with van der Waals surface area (Å²) in [7, 11) is 0. The van der Waals surface area contributed by atoms with Crippen molar-refractivity contribution < 1.29 is 9.53 Å². The predicted molar refractivity (Wildman–Crippen MR) is 113 cm³/mol. The monoisotopic (exact) mass is 394 g/mol. The first-order valence-corrected chi connectivity index (χ1v) is 10.5. The van der Waals surface area contributed by atoms with Crippen molar-refractivity contribution in [2.24, 2.45) is 11.3 Å². The number of fused-ring (bicyclic) bond motifs is 1. The van der Waals surface area contributed by atoms with Gasteiger partial charge in [-0.25, -0.2) is 9.97 Å². The molecule has 0 radical (unpaired) electrons. The Morgan fingerprint density at radius 2 is 2.03 bits per heavy atom. The van der Waals surface area contributed by atoms with Gasteiger partial charge in [0, 0.05) is 50.3 Å². The van der Waals surface area contributed by atoms with Crippen molar-refractivity contribution in [1.29, 1.82) is 0 Å². The highest BCUT2D eigenvalue weighted by Crippen LogP contribution is 2.46. The van der Waals surface area contributed by atoms with E-state index in [-0.39, 0.29) is 17.9 Å². The van der Waals surface area contributed by atoms with Crippen LogP contribution in [0.2, 0.25) is 0 Å². The molecule has 0 saturated carbocycles. The molecule has 1 amide bonds. The van der Waals surface area contributed by atoms with Gasteiger partial charge in [0.05, 0.1) is 0 Å². The third-order valence-corrected chi connectivity index (χ3v) is 6.38. The van der Waals surface area contributed by atoms with Gasteiger partial charge in [-0.15, -0.1) is 0 Å². The third-order valence-electron chi connectivity index (χ3n) is 6.38. The zero-order chi connectivity index (χ0) is 20.3. The molecule has 154 valence electrons. The lowest BCUT2D eigenvalue weighted by Crippen LogP contribution is -2.38. The molecule has 2 aliphatic rings. The summed E-state index contributed by atoms with van der Waals surface area (Å²) in [4.78, 5) is 25.9. The summed E-state index contributed by atoms with van der Waals surface area (Å²) in [6, 6.07) is 12.6. The standard InChI is InChI=1S/C23H30N4O2/c1-3-29-15-22(28)27-14-20-13-26(21-10-12-24-18(2)25-21)16-23(20,17-27)11-9-19-7-5-4-6-8-19/h4-8,10,12,20H,3,9,11,13-17H2,1-2H3. The third kappa shape index (κ3) is 4.27. The Hall–Kier alpha value is -2.47. The molecule has 29 heavy (non-hydrogen) atoms. The van der Waals surface area contributed by atoms with Gasteiger partial charge in [0.2, 0.25) is 5.91 Å². The van der Waals surface area contributed by atoms with Crippen molar-refractivity contribution in [1.82, 2.24) is 14.9 Å². The molecule has 4 rings (SSSR count). The lowest BCUT2D eigenvalue weighted by molar-refractivity contribution is -0.135. The molecular formula is C23H30N4O2. The first-order valence-electron chi connectivity index (χ1n) is 10.5. The summed E-state index contributed by atoms with van der Waals surface area (Å²) in [6.07, 6.45) is 3.93. The van der Waals surface area contributed by atoms with Gasteiger partial charge in [-0.1, -0.05) is 30.3 Å². The summed E-state index contributed by atoms with van der Waals surface area (Å²) in [5.74, 6) is 2.36. The van der Waals surface area contributed by atoms with Gasteiger partial charge in [0.1, 0.15) is 18.2 Å². The summed E-state index contributed by atoms with van der Waals surface area (Å²) in [5.41, 5.74) is 1.45. The zero-order valence-corrected chi connectivity index (χ0v) is 17.4. The molecule has 2 aliphatic heterocycles. The predicted octanol–water partition coefficient (Wildman–Crippen LogP) is 2.72. The molecular weight excluding hydrogens is 364 g/mol. The molecule has 0 spiro atoms. The van der Waals surface area contributed by atoms with Gasteiger partial charge in [0.15, 0.2) is 0 Å². The van der Waals surface area contributed by atoms with Crippen molar-refractivity contribution in [3.63, 3.8) is 0 Å². The topological polar surface area (TPSA) is 58.6 Å². The van der Waals surface area contributed by atoms with Crippen molar-refractivity contribution in [2.75, 3.05) is 44.3 Å². The molecule has 6 heteroatoms. The van der Waals surface area contributed by atoms with Crippen LogP contribution < -0.4 is 4.90 Å². The quantitative estimate of drug-likeness (QED) is 0.723. The average molecular weight is 395 g/mol. The fourth-order valence-electron chi connectivity index (χ4n) is 4.84. The molecule has 2 atom stereocenters. The van der Waals surface area contributed by atoms with Crippen LogP contribution >= 0.6 is 0 Å². The number of aryl methyl sites for hydroxylation is 2. The summed E-state index contributed by atoms with van der Waals surface area (Å²) < 4.78 is 5.38. The first-order chi connectivity index (χ1) is 14.1. The lowest BCUT2D eigenvalue weighted by atomic mass is 9.76. The van der Waals surface area contributed by atoms with Gasteiger partial charge in [-0.3, -0.25) is 4.79 Å². The van der Waals surface area contributed by atoms with E-state index in [0.717, 1.165) is 50.7 Å². The van der Waals surface area contributed by atoms with E-state index < -0.39 is 0 Å². The maximum absolute atomic E-state index is 12.6. The number of amides is 1. The molecule has 2 aromatic rings. The van der Waals surface area contributed by atoms with Crippen molar-refractivity contribution in [3.05, 3.63) is 54.0 Å². The van der Waals surface area contributed by atoms with Crippen LogP contribution in [0.15, 0.2) is 42.6 Å². The van der Waals surface area contributed by atoms with Crippen molar-refractivity contribution in [3.8, 4) is 0 Å². The van der Waals surface area contributed by atoms with E-state index in [2.05, 4.69) is 45.2 Å². The molecule has 0 bridgehead atoms. The Bertz CT molecular complexity index is 844. The van der Waals surface area contributed by atoms with E-state index in [9.17, 15) is 4.79 Å². The van der Waals surface area contributed by atoms with Crippen LogP contribution in [0.5, 0.6) is 0 Å². The summed E-state index contributed by atoms with van der Waals surface area (Å²) in [5, 5.41) is 0. The molecule has 6 nitrogen and oxygen atoms in total. The highest BCUT2D eigenvalue weighted by atomic mass is 16.5. The molecule has 1 aromatic carbocycles. The van der Waals surface area contributed by atoms with Gasteiger partial charge >= 0.3 is 0 Å². The molecule has 1 aromatic heterocycles. The van der Waals surface area contributed by atoms with Crippen LogP contribution in [0.1, 0.15) is 24.7 Å². The van der Waals surface area contributed by atoms with Crippen molar-refractivity contribution >= 4 is 11.7 Å². The Morgan fingerprint density at radius 1 is 1.21 bits per heavy atom. The highest BCUT2D eigenvalue weighted by molar-refractivity contribution is 5.78. The molecule has 2 unspecified atom stereocenters. The van der Waals surface area contributed by atoms with Crippen LogP contribution in [-0.2, 0) is 16.0 Å².